The number of hydrogen-bond donors (Lipinski definition) is 1. The standard InChI is InChI=1S/C16H17N3O5/c1-10-5-4-6-11(2)15(10)17-14(20)9-24-16(21)13-7-12(19(22)23)8-18(13)3/h4-8H,9H2,1-3H3,(H,17,20). The first-order chi connectivity index (χ1) is 11.3. The van der Waals surface area contributed by atoms with Crippen molar-refractivity contribution in [1.29, 1.82) is 0 Å². The lowest BCUT2D eigenvalue weighted by molar-refractivity contribution is -0.384. The summed E-state index contributed by atoms with van der Waals surface area (Å²) in [4.78, 5) is 34.0. The van der Waals surface area contributed by atoms with Gasteiger partial charge >= 0.3 is 5.97 Å². The number of ether oxygens (including phenoxy) is 1. The van der Waals surface area contributed by atoms with Gasteiger partial charge in [-0.25, -0.2) is 4.79 Å². The number of nitrogens with zero attached hydrogens (tertiary/aromatic N) is 2. The topological polar surface area (TPSA) is 103 Å². The number of carbonyl (C=O) groups excluding carboxylic acids is 2. The Morgan fingerprint density at radius 1 is 1.29 bits per heavy atom. The van der Waals surface area contributed by atoms with Crippen LogP contribution in [0.25, 0.3) is 0 Å². The number of anilines is 1. The highest BCUT2D eigenvalue weighted by molar-refractivity contribution is 5.96. The van der Waals surface area contributed by atoms with Crippen LogP contribution in [0.15, 0.2) is 30.5 Å². The Labute approximate surface area is 138 Å². The molecule has 1 N–H and O–H groups in total. The third-order valence-corrected chi connectivity index (χ3v) is 3.49. The van der Waals surface area contributed by atoms with Gasteiger partial charge in [-0.2, -0.15) is 0 Å². The molecule has 1 amide bonds. The average Bonchev–Trinajstić information content (AvgIpc) is 2.91. The molecule has 0 bridgehead atoms. The third kappa shape index (κ3) is 3.78. The molecule has 8 nitrogen and oxygen atoms in total. The molecular formula is C16H17N3O5. The number of benzene rings is 1. The molecule has 0 unspecified atom stereocenters. The van der Waals surface area contributed by atoms with Crippen molar-refractivity contribution in [2.24, 2.45) is 7.05 Å². The van der Waals surface area contributed by atoms with Gasteiger partial charge in [0.05, 0.1) is 11.1 Å². The quantitative estimate of drug-likeness (QED) is 0.514. The molecule has 1 heterocycles. The molecular weight excluding hydrogens is 314 g/mol. The number of rotatable bonds is 5. The van der Waals surface area contributed by atoms with Crippen molar-refractivity contribution in [3.05, 3.63) is 57.4 Å². The van der Waals surface area contributed by atoms with Crippen molar-refractivity contribution in [2.75, 3.05) is 11.9 Å². The number of hydrogen-bond acceptors (Lipinski definition) is 5. The number of nitrogens with one attached hydrogen (secondary N) is 1. The maximum Gasteiger partial charge on any atom is 0.355 e. The number of aromatic nitrogens is 1. The SMILES string of the molecule is Cc1cccc(C)c1NC(=O)COC(=O)c1cc([N+](=O)[O-])cn1C. The normalized spacial score (nSPS) is 10.3. The van der Waals surface area contributed by atoms with Crippen LogP contribution in [0.2, 0.25) is 0 Å². The van der Waals surface area contributed by atoms with Crippen LogP contribution < -0.4 is 5.32 Å². The Hall–Kier alpha value is -3.16. The Morgan fingerprint density at radius 2 is 1.92 bits per heavy atom. The summed E-state index contributed by atoms with van der Waals surface area (Å²) in [5.74, 6) is -1.29. The molecule has 0 aliphatic heterocycles. The first-order valence-electron chi connectivity index (χ1n) is 7.13. The maximum absolute atomic E-state index is 11.9. The highest BCUT2D eigenvalue weighted by atomic mass is 16.6. The zero-order chi connectivity index (χ0) is 17.9. The Morgan fingerprint density at radius 3 is 2.46 bits per heavy atom. The maximum atomic E-state index is 11.9. The molecule has 2 aromatic rings. The van der Waals surface area contributed by atoms with Gasteiger partial charge in [-0.1, -0.05) is 18.2 Å². The van der Waals surface area contributed by atoms with Gasteiger partial charge in [-0.15, -0.1) is 0 Å². The van der Waals surface area contributed by atoms with Crippen LogP contribution in [0.1, 0.15) is 21.6 Å². The molecule has 0 radical (unpaired) electrons. The summed E-state index contributed by atoms with van der Waals surface area (Å²) >= 11 is 0. The lowest BCUT2D eigenvalue weighted by atomic mass is 10.1. The summed E-state index contributed by atoms with van der Waals surface area (Å²) in [6.07, 6.45) is 1.20. The number of para-hydroxylation sites is 1. The number of esters is 1. The summed E-state index contributed by atoms with van der Waals surface area (Å²) < 4.78 is 6.20. The number of carbonyl (C=O) groups is 2. The van der Waals surface area contributed by atoms with Crippen molar-refractivity contribution < 1.29 is 19.2 Å². The van der Waals surface area contributed by atoms with E-state index in [0.717, 1.165) is 17.2 Å². The molecule has 2 rings (SSSR count). The van der Waals surface area contributed by atoms with Gasteiger partial charge in [0.2, 0.25) is 0 Å². The van der Waals surface area contributed by atoms with Crippen molar-refractivity contribution >= 4 is 23.3 Å². The molecule has 0 aliphatic rings. The molecule has 1 aromatic carbocycles. The Kier molecular flexibility index (Phi) is 4.98. The predicted octanol–water partition coefficient (Wildman–Crippen LogP) is 2.35. The molecule has 1 aromatic heterocycles. The van der Waals surface area contributed by atoms with E-state index in [0.29, 0.717) is 5.69 Å². The summed E-state index contributed by atoms with van der Waals surface area (Å²) in [6.45, 7) is 3.24. The highest BCUT2D eigenvalue weighted by Crippen LogP contribution is 2.19. The van der Waals surface area contributed by atoms with Crippen molar-refractivity contribution in [2.45, 2.75) is 13.8 Å². The second kappa shape index (κ2) is 6.95. The van der Waals surface area contributed by atoms with E-state index in [1.165, 1.54) is 17.8 Å². The lowest BCUT2D eigenvalue weighted by Gasteiger charge is -2.11. The molecule has 126 valence electrons. The molecule has 0 atom stereocenters. The van der Waals surface area contributed by atoms with Gasteiger partial charge in [-0.05, 0) is 25.0 Å². The van der Waals surface area contributed by atoms with Gasteiger partial charge in [-0.3, -0.25) is 14.9 Å². The predicted molar refractivity (Wildman–Crippen MR) is 86.9 cm³/mol. The Balaban J connectivity index is 1.99. The van der Waals surface area contributed by atoms with Crippen LogP contribution >= 0.6 is 0 Å². The zero-order valence-corrected chi connectivity index (χ0v) is 13.5. The third-order valence-electron chi connectivity index (χ3n) is 3.49. The molecule has 24 heavy (non-hydrogen) atoms. The van der Waals surface area contributed by atoms with E-state index in [-0.39, 0.29) is 11.4 Å². The molecule has 0 aliphatic carbocycles. The van der Waals surface area contributed by atoms with Crippen molar-refractivity contribution in [3.63, 3.8) is 0 Å². The van der Waals surface area contributed by atoms with Gasteiger partial charge in [0.25, 0.3) is 11.6 Å². The van der Waals surface area contributed by atoms with Crippen LogP contribution in [0.5, 0.6) is 0 Å². The average molecular weight is 331 g/mol. The van der Waals surface area contributed by atoms with E-state index in [9.17, 15) is 19.7 Å². The van der Waals surface area contributed by atoms with Crippen LogP contribution in [-0.2, 0) is 16.6 Å². The molecule has 8 heteroatoms. The minimum absolute atomic E-state index is 0.00146. The monoisotopic (exact) mass is 331 g/mol. The largest absolute Gasteiger partial charge is 0.451 e. The molecule has 0 saturated carbocycles. The van der Waals surface area contributed by atoms with Gasteiger partial charge in [0.15, 0.2) is 6.61 Å². The second-order valence-corrected chi connectivity index (χ2v) is 5.34. The van der Waals surface area contributed by atoms with E-state index in [2.05, 4.69) is 5.32 Å². The Bertz CT molecular complexity index is 790. The smallest absolute Gasteiger partial charge is 0.355 e. The van der Waals surface area contributed by atoms with E-state index >= 15 is 0 Å². The fourth-order valence-corrected chi connectivity index (χ4v) is 2.24. The van der Waals surface area contributed by atoms with Crippen molar-refractivity contribution in [3.8, 4) is 0 Å². The zero-order valence-electron chi connectivity index (χ0n) is 13.5. The van der Waals surface area contributed by atoms with E-state index < -0.39 is 23.4 Å². The van der Waals surface area contributed by atoms with E-state index in [1.54, 1.807) is 0 Å². The van der Waals surface area contributed by atoms with Crippen LogP contribution in [-0.4, -0.2) is 28.0 Å². The van der Waals surface area contributed by atoms with Crippen molar-refractivity contribution in [1.82, 2.24) is 4.57 Å². The number of nitro groups is 1. The summed E-state index contributed by atoms with van der Waals surface area (Å²) in [5.41, 5.74) is 2.25. The van der Waals surface area contributed by atoms with E-state index in [1.807, 2.05) is 32.0 Å². The molecule has 0 fully saturated rings. The molecule has 0 saturated heterocycles. The molecule has 0 spiro atoms. The summed E-state index contributed by atoms with van der Waals surface area (Å²) in [6, 6.07) is 6.70. The van der Waals surface area contributed by atoms with Gasteiger partial charge in [0, 0.05) is 18.8 Å². The lowest BCUT2D eigenvalue weighted by Crippen LogP contribution is -2.22. The first kappa shape index (κ1) is 17.2. The second-order valence-electron chi connectivity index (χ2n) is 5.34. The van der Waals surface area contributed by atoms with Gasteiger partial charge in [0.1, 0.15) is 5.69 Å². The van der Waals surface area contributed by atoms with Crippen LogP contribution in [0, 0.1) is 24.0 Å². The number of aryl methyl sites for hydroxylation is 3. The summed E-state index contributed by atoms with van der Waals surface area (Å²) in [5, 5.41) is 13.4. The van der Waals surface area contributed by atoms with Crippen LogP contribution in [0.4, 0.5) is 11.4 Å². The number of amides is 1. The van der Waals surface area contributed by atoms with E-state index in [4.69, 9.17) is 4.74 Å². The summed E-state index contributed by atoms with van der Waals surface area (Å²) in [7, 11) is 1.49. The van der Waals surface area contributed by atoms with Crippen LogP contribution in [0.3, 0.4) is 0 Å². The highest BCUT2D eigenvalue weighted by Gasteiger charge is 2.19. The fraction of sp³-hybridized carbons (Fsp3) is 0.250. The fourth-order valence-electron chi connectivity index (χ4n) is 2.24. The minimum Gasteiger partial charge on any atom is -0.451 e. The first-order valence-corrected chi connectivity index (χ1v) is 7.13. The minimum atomic E-state index is -0.803. The van der Waals surface area contributed by atoms with Gasteiger partial charge < -0.3 is 14.6 Å².